The molecule has 0 saturated carbocycles. The van der Waals surface area contributed by atoms with Crippen molar-refractivity contribution in [1.82, 2.24) is 20.8 Å². The van der Waals surface area contributed by atoms with E-state index >= 15 is 0 Å². The van der Waals surface area contributed by atoms with Gasteiger partial charge in [0.15, 0.2) is 0 Å². The molecular weight excluding hydrogens is 292 g/mol. The first kappa shape index (κ1) is 15.7. The van der Waals surface area contributed by atoms with Gasteiger partial charge in [0.05, 0.1) is 0 Å². The molecule has 1 atom stereocenters. The summed E-state index contributed by atoms with van der Waals surface area (Å²) in [6.45, 7) is 2.28. The van der Waals surface area contributed by atoms with Crippen LogP contribution in [0.5, 0.6) is 0 Å². The van der Waals surface area contributed by atoms with E-state index in [1.54, 1.807) is 0 Å². The minimum atomic E-state index is 0.0913. The van der Waals surface area contributed by atoms with Crippen molar-refractivity contribution >= 4 is 5.91 Å². The Bertz CT molecular complexity index is 627. The highest BCUT2D eigenvalue weighted by molar-refractivity contribution is 5.76. The van der Waals surface area contributed by atoms with Crippen molar-refractivity contribution < 1.29 is 9.32 Å². The molecular formula is C17H22N4O2. The lowest BCUT2D eigenvalue weighted by atomic mass is 9.99. The van der Waals surface area contributed by atoms with E-state index in [0.717, 1.165) is 37.9 Å². The van der Waals surface area contributed by atoms with Gasteiger partial charge in [-0.2, -0.15) is 4.98 Å². The maximum Gasteiger partial charge on any atom is 0.230 e. The van der Waals surface area contributed by atoms with E-state index in [1.165, 1.54) is 0 Å². The minimum absolute atomic E-state index is 0.0913. The number of aromatic nitrogens is 2. The SMILES string of the molecule is O=C1CCNCCCC(c2nc(-c3ccccc3)no2)CCN1. The van der Waals surface area contributed by atoms with Crippen molar-refractivity contribution in [2.24, 2.45) is 0 Å². The van der Waals surface area contributed by atoms with Crippen LogP contribution in [0.25, 0.3) is 11.4 Å². The first-order chi connectivity index (χ1) is 11.3. The molecule has 1 aliphatic heterocycles. The third kappa shape index (κ3) is 4.39. The summed E-state index contributed by atoms with van der Waals surface area (Å²) < 4.78 is 5.49. The fourth-order valence-corrected chi connectivity index (χ4v) is 2.77. The van der Waals surface area contributed by atoms with Crippen LogP contribution in [0, 0.1) is 0 Å². The predicted octanol–water partition coefficient (Wildman–Crippen LogP) is 2.10. The summed E-state index contributed by atoms with van der Waals surface area (Å²) >= 11 is 0. The number of nitrogens with one attached hydrogen (secondary N) is 2. The van der Waals surface area contributed by atoms with E-state index in [4.69, 9.17) is 4.52 Å². The van der Waals surface area contributed by atoms with E-state index in [0.29, 0.717) is 24.7 Å². The molecule has 6 heteroatoms. The predicted molar refractivity (Wildman–Crippen MR) is 86.8 cm³/mol. The van der Waals surface area contributed by atoms with Gasteiger partial charge in [0.1, 0.15) is 0 Å². The first-order valence-electron chi connectivity index (χ1n) is 8.19. The zero-order valence-corrected chi connectivity index (χ0v) is 13.1. The smallest absolute Gasteiger partial charge is 0.230 e. The van der Waals surface area contributed by atoms with Gasteiger partial charge < -0.3 is 15.2 Å². The second kappa shape index (κ2) is 7.87. The number of hydrogen-bond acceptors (Lipinski definition) is 5. The molecule has 1 fully saturated rings. The van der Waals surface area contributed by atoms with E-state index in [2.05, 4.69) is 20.8 Å². The summed E-state index contributed by atoms with van der Waals surface area (Å²) in [6.07, 6.45) is 3.35. The van der Waals surface area contributed by atoms with Crippen molar-refractivity contribution in [2.75, 3.05) is 19.6 Å². The molecule has 23 heavy (non-hydrogen) atoms. The van der Waals surface area contributed by atoms with E-state index < -0.39 is 0 Å². The lowest BCUT2D eigenvalue weighted by molar-refractivity contribution is -0.121. The maximum atomic E-state index is 11.6. The lowest BCUT2D eigenvalue weighted by Gasteiger charge is -2.12. The Hall–Kier alpha value is -2.21. The van der Waals surface area contributed by atoms with Crippen LogP contribution >= 0.6 is 0 Å². The van der Waals surface area contributed by atoms with E-state index in [9.17, 15) is 4.79 Å². The van der Waals surface area contributed by atoms with Gasteiger partial charge in [-0.25, -0.2) is 0 Å². The van der Waals surface area contributed by atoms with Crippen molar-refractivity contribution in [2.45, 2.75) is 31.6 Å². The highest BCUT2D eigenvalue weighted by atomic mass is 16.5. The Labute approximate surface area is 135 Å². The van der Waals surface area contributed by atoms with Crippen LogP contribution in [-0.2, 0) is 4.79 Å². The van der Waals surface area contributed by atoms with Gasteiger partial charge in [0, 0.05) is 31.0 Å². The number of benzene rings is 1. The largest absolute Gasteiger partial charge is 0.356 e. The van der Waals surface area contributed by atoms with Crippen LogP contribution in [-0.4, -0.2) is 35.7 Å². The molecule has 2 heterocycles. The number of carbonyl (C=O) groups excluding carboxylic acids is 1. The highest BCUT2D eigenvalue weighted by Gasteiger charge is 2.20. The molecule has 1 aliphatic rings. The van der Waals surface area contributed by atoms with Crippen LogP contribution in [0.15, 0.2) is 34.9 Å². The Morgan fingerprint density at radius 3 is 2.83 bits per heavy atom. The van der Waals surface area contributed by atoms with Gasteiger partial charge in [0.25, 0.3) is 0 Å². The normalized spacial score (nSPS) is 20.5. The third-order valence-electron chi connectivity index (χ3n) is 4.07. The molecule has 0 aliphatic carbocycles. The van der Waals surface area contributed by atoms with Crippen molar-refractivity contribution in [1.29, 1.82) is 0 Å². The van der Waals surface area contributed by atoms with Crippen LogP contribution in [0.4, 0.5) is 0 Å². The number of nitrogens with zero attached hydrogens (tertiary/aromatic N) is 2. The monoisotopic (exact) mass is 314 g/mol. The topological polar surface area (TPSA) is 80.1 Å². The fraction of sp³-hybridized carbons (Fsp3) is 0.471. The summed E-state index contributed by atoms with van der Waals surface area (Å²) in [4.78, 5) is 16.2. The summed E-state index contributed by atoms with van der Waals surface area (Å²) in [6, 6.07) is 9.82. The number of hydrogen-bond donors (Lipinski definition) is 2. The molecule has 0 radical (unpaired) electrons. The zero-order valence-electron chi connectivity index (χ0n) is 13.1. The molecule has 2 aromatic rings. The fourth-order valence-electron chi connectivity index (χ4n) is 2.77. The molecule has 1 saturated heterocycles. The molecule has 3 rings (SSSR count). The average molecular weight is 314 g/mol. The van der Waals surface area contributed by atoms with Crippen molar-refractivity contribution in [3.05, 3.63) is 36.2 Å². The van der Waals surface area contributed by atoms with Gasteiger partial charge >= 0.3 is 0 Å². The number of rotatable bonds is 2. The molecule has 2 N–H and O–H groups in total. The quantitative estimate of drug-likeness (QED) is 0.887. The highest BCUT2D eigenvalue weighted by Crippen LogP contribution is 2.25. The zero-order chi connectivity index (χ0) is 15.9. The average Bonchev–Trinajstić information content (AvgIpc) is 3.05. The molecule has 1 unspecified atom stereocenters. The standard InChI is InChI=1S/C17H22N4O2/c22-15-9-11-18-10-4-7-14(8-12-19-15)17-20-16(21-23-17)13-5-2-1-3-6-13/h1-3,5-6,14,18H,4,7-12H2,(H,19,22). The second-order valence-electron chi connectivity index (χ2n) is 5.80. The molecule has 0 bridgehead atoms. The Kier molecular flexibility index (Phi) is 5.37. The summed E-state index contributed by atoms with van der Waals surface area (Å²) in [5, 5.41) is 10.3. The van der Waals surface area contributed by atoms with E-state index in [-0.39, 0.29) is 11.8 Å². The van der Waals surface area contributed by atoms with Gasteiger partial charge in [-0.05, 0) is 25.8 Å². The third-order valence-corrected chi connectivity index (χ3v) is 4.07. The summed E-state index contributed by atoms with van der Waals surface area (Å²) in [5.41, 5.74) is 0.953. The summed E-state index contributed by atoms with van der Waals surface area (Å²) in [7, 11) is 0. The van der Waals surface area contributed by atoms with Gasteiger partial charge in [-0.15, -0.1) is 0 Å². The minimum Gasteiger partial charge on any atom is -0.356 e. The first-order valence-corrected chi connectivity index (χ1v) is 8.19. The van der Waals surface area contributed by atoms with Gasteiger partial charge in [-0.3, -0.25) is 4.79 Å². The molecule has 1 aromatic carbocycles. The number of amides is 1. The summed E-state index contributed by atoms with van der Waals surface area (Å²) in [5.74, 6) is 1.56. The van der Waals surface area contributed by atoms with Crippen LogP contribution in [0.3, 0.4) is 0 Å². The van der Waals surface area contributed by atoms with Crippen LogP contribution < -0.4 is 10.6 Å². The Balaban J connectivity index is 1.70. The van der Waals surface area contributed by atoms with Gasteiger partial charge in [-0.1, -0.05) is 35.5 Å². The van der Waals surface area contributed by atoms with Gasteiger partial charge in [0.2, 0.25) is 17.6 Å². The van der Waals surface area contributed by atoms with E-state index in [1.807, 2.05) is 30.3 Å². The number of carbonyl (C=O) groups is 1. The molecule has 0 spiro atoms. The molecule has 6 nitrogen and oxygen atoms in total. The van der Waals surface area contributed by atoms with Crippen LogP contribution in [0.2, 0.25) is 0 Å². The lowest BCUT2D eigenvalue weighted by Crippen LogP contribution is -2.28. The molecule has 1 amide bonds. The van der Waals surface area contributed by atoms with Crippen molar-refractivity contribution in [3.63, 3.8) is 0 Å². The van der Waals surface area contributed by atoms with Crippen molar-refractivity contribution in [3.8, 4) is 11.4 Å². The van der Waals surface area contributed by atoms with Crippen LogP contribution in [0.1, 0.15) is 37.5 Å². The Morgan fingerprint density at radius 1 is 1.09 bits per heavy atom. The maximum absolute atomic E-state index is 11.6. The Morgan fingerprint density at radius 2 is 1.96 bits per heavy atom. The molecule has 122 valence electrons. The molecule has 1 aromatic heterocycles. The second-order valence-corrected chi connectivity index (χ2v) is 5.80.